The number of methoxy groups -OCH3 is 1. The second-order valence-electron chi connectivity index (χ2n) is 5.23. The molecule has 2 heterocycles. The quantitative estimate of drug-likeness (QED) is 0.800. The van der Waals surface area contributed by atoms with Gasteiger partial charge in [-0.05, 0) is 31.5 Å². The number of anilines is 1. The molecule has 0 atom stereocenters. The van der Waals surface area contributed by atoms with Gasteiger partial charge in [-0.3, -0.25) is 0 Å². The molecule has 0 unspecified atom stereocenters. The summed E-state index contributed by atoms with van der Waals surface area (Å²) in [6.07, 6.45) is 3.59. The van der Waals surface area contributed by atoms with E-state index in [1.54, 1.807) is 7.11 Å². The van der Waals surface area contributed by atoms with E-state index in [0.29, 0.717) is 11.9 Å². The van der Waals surface area contributed by atoms with Crippen LogP contribution in [0.3, 0.4) is 0 Å². The third-order valence-corrected chi connectivity index (χ3v) is 3.60. The molecule has 108 valence electrons. The van der Waals surface area contributed by atoms with Gasteiger partial charge in [-0.15, -0.1) is 0 Å². The van der Waals surface area contributed by atoms with Crippen LogP contribution in [0, 0.1) is 0 Å². The van der Waals surface area contributed by atoms with Gasteiger partial charge in [-0.1, -0.05) is 12.1 Å². The van der Waals surface area contributed by atoms with Gasteiger partial charge in [-0.2, -0.15) is 0 Å². The van der Waals surface area contributed by atoms with E-state index in [1.807, 2.05) is 24.3 Å². The Morgan fingerprint density at radius 1 is 1.14 bits per heavy atom. The predicted octanol–water partition coefficient (Wildman–Crippen LogP) is 3.27. The third kappa shape index (κ3) is 2.20. The summed E-state index contributed by atoms with van der Waals surface area (Å²) in [5.41, 5.74) is 9.05. The molecule has 0 aliphatic carbocycles. The van der Waals surface area contributed by atoms with Crippen molar-refractivity contribution in [3.05, 3.63) is 36.8 Å². The zero-order valence-corrected chi connectivity index (χ0v) is 12.4. The summed E-state index contributed by atoms with van der Waals surface area (Å²) < 4.78 is 7.32. The average Bonchev–Trinajstić information content (AvgIpc) is 2.88. The van der Waals surface area contributed by atoms with Crippen LogP contribution in [0.4, 0.5) is 5.82 Å². The molecule has 0 spiro atoms. The molecule has 0 fully saturated rings. The number of hydrogen-bond acceptors (Lipinski definition) is 4. The van der Waals surface area contributed by atoms with Gasteiger partial charge in [0, 0.05) is 17.8 Å². The summed E-state index contributed by atoms with van der Waals surface area (Å²) in [6.45, 7) is 4.24. The lowest BCUT2D eigenvalue weighted by Gasteiger charge is -2.07. The summed E-state index contributed by atoms with van der Waals surface area (Å²) in [4.78, 5) is 8.52. The topological polar surface area (TPSA) is 66.0 Å². The summed E-state index contributed by atoms with van der Waals surface area (Å²) in [6, 6.07) is 8.21. The van der Waals surface area contributed by atoms with E-state index >= 15 is 0 Å². The van der Waals surface area contributed by atoms with Gasteiger partial charge < -0.3 is 15.0 Å². The number of rotatable bonds is 3. The minimum atomic E-state index is 0.300. The molecular weight excluding hydrogens is 264 g/mol. The maximum absolute atomic E-state index is 6.07. The van der Waals surface area contributed by atoms with Crippen molar-refractivity contribution >= 4 is 16.9 Å². The minimum Gasteiger partial charge on any atom is -0.497 e. The van der Waals surface area contributed by atoms with Crippen molar-refractivity contribution in [1.82, 2.24) is 14.5 Å². The van der Waals surface area contributed by atoms with Gasteiger partial charge in [0.2, 0.25) is 0 Å². The van der Waals surface area contributed by atoms with Crippen LogP contribution in [0.2, 0.25) is 0 Å². The lowest BCUT2D eigenvalue weighted by Crippen LogP contribution is -2.00. The van der Waals surface area contributed by atoms with Crippen molar-refractivity contribution in [1.29, 1.82) is 0 Å². The number of ether oxygens (including phenoxy) is 1. The zero-order valence-electron chi connectivity index (χ0n) is 12.4. The Morgan fingerprint density at radius 3 is 2.48 bits per heavy atom. The molecule has 0 radical (unpaired) electrons. The van der Waals surface area contributed by atoms with Crippen molar-refractivity contribution in [3.8, 4) is 16.9 Å². The smallest absolute Gasteiger partial charge is 0.146 e. The fraction of sp³-hybridized carbons (Fsp3) is 0.250. The predicted molar refractivity (Wildman–Crippen MR) is 84.3 cm³/mol. The van der Waals surface area contributed by atoms with E-state index < -0.39 is 0 Å². The third-order valence-electron chi connectivity index (χ3n) is 3.60. The number of fused-ring (bicyclic) bond motifs is 1. The van der Waals surface area contributed by atoms with E-state index in [2.05, 4.69) is 34.6 Å². The fourth-order valence-electron chi connectivity index (χ4n) is 2.49. The molecule has 0 saturated heterocycles. The van der Waals surface area contributed by atoms with Crippen LogP contribution < -0.4 is 10.5 Å². The normalized spacial score (nSPS) is 11.2. The van der Waals surface area contributed by atoms with E-state index in [-0.39, 0.29) is 0 Å². The Labute approximate surface area is 123 Å². The standard InChI is InChI=1S/C16H18N4O/c1-10(2)20-8-13(11-4-6-12(21-3)7-5-11)14-15(17)18-9-19-16(14)20/h4-10H,1-3H3,(H2,17,18,19). The molecule has 1 aromatic carbocycles. The molecule has 0 saturated carbocycles. The first-order valence-electron chi connectivity index (χ1n) is 6.87. The van der Waals surface area contributed by atoms with Gasteiger partial charge in [0.1, 0.15) is 23.5 Å². The molecule has 21 heavy (non-hydrogen) atoms. The van der Waals surface area contributed by atoms with E-state index in [9.17, 15) is 0 Å². The molecular formula is C16H18N4O. The highest BCUT2D eigenvalue weighted by Crippen LogP contribution is 2.34. The van der Waals surface area contributed by atoms with Crippen molar-refractivity contribution in [2.24, 2.45) is 0 Å². The summed E-state index contributed by atoms with van der Waals surface area (Å²) in [5.74, 6) is 1.33. The largest absolute Gasteiger partial charge is 0.497 e. The molecule has 0 aliphatic heterocycles. The molecule has 5 nitrogen and oxygen atoms in total. The van der Waals surface area contributed by atoms with E-state index in [4.69, 9.17) is 10.5 Å². The van der Waals surface area contributed by atoms with Gasteiger partial charge in [0.25, 0.3) is 0 Å². The van der Waals surface area contributed by atoms with Crippen molar-refractivity contribution in [2.75, 3.05) is 12.8 Å². The monoisotopic (exact) mass is 282 g/mol. The van der Waals surface area contributed by atoms with Gasteiger partial charge in [-0.25, -0.2) is 9.97 Å². The Balaban J connectivity index is 2.26. The SMILES string of the molecule is COc1ccc(-c2cn(C(C)C)c3ncnc(N)c23)cc1. The van der Waals surface area contributed by atoms with Gasteiger partial charge >= 0.3 is 0 Å². The van der Waals surface area contributed by atoms with Crippen molar-refractivity contribution in [3.63, 3.8) is 0 Å². The van der Waals surface area contributed by atoms with Gasteiger partial charge in [0.15, 0.2) is 0 Å². The van der Waals surface area contributed by atoms with Crippen molar-refractivity contribution < 1.29 is 4.74 Å². The maximum Gasteiger partial charge on any atom is 0.146 e. The molecule has 0 aliphatic rings. The van der Waals surface area contributed by atoms with Crippen LogP contribution in [0.1, 0.15) is 19.9 Å². The highest BCUT2D eigenvalue weighted by atomic mass is 16.5. The highest BCUT2D eigenvalue weighted by molar-refractivity contribution is 6.00. The zero-order chi connectivity index (χ0) is 15.0. The van der Waals surface area contributed by atoms with Crippen LogP contribution in [-0.2, 0) is 0 Å². The van der Waals surface area contributed by atoms with Crippen LogP contribution in [-0.4, -0.2) is 21.6 Å². The molecule has 2 aromatic heterocycles. The van der Waals surface area contributed by atoms with Crippen molar-refractivity contribution in [2.45, 2.75) is 19.9 Å². The molecule has 2 N–H and O–H groups in total. The minimum absolute atomic E-state index is 0.300. The number of aromatic nitrogens is 3. The molecule has 5 heteroatoms. The van der Waals surface area contributed by atoms with Crippen LogP contribution in [0.5, 0.6) is 5.75 Å². The maximum atomic E-state index is 6.07. The Bertz CT molecular complexity index is 775. The number of nitrogens with two attached hydrogens (primary N) is 1. The second-order valence-corrected chi connectivity index (χ2v) is 5.23. The van der Waals surface area contributed by atoms with Crippen LogP contribution in [0.15, 0.2) is 36.8 Å². The summed E-state index contributed by atoms with van der Waals surface area (Å²) in [7, 11) is 1.66. The number of nitrogens with zero attached hydrogens (tertiary/aromatic N) is 3. The molecule has 0 bridgehead atoms. The summed E-state index contributed by atoms with van der Waals surface area (Å²) in [5, 5.41) is 0.899. The Morgan fingerprint density at radius 2 is 1.86 bits per heavy atom. The molecule has 3 rings (SSSR count). The Kier molecular flexibility index (Phi) is 3.25. The molecule has 3 aromatic rings. The van der Waals surface area contributed by atoms with Gasteiger partial charge in [0.05, 0.1) is 12.5 Å². The first-order chi connectivity index (χ1) is 10.1. The Hall–Kier alpha value is -2.56. The van der Waals surface area contributed by atoms with E-state index in [0.717, 1.165) is 27.9 Å². The molecule has 0 amide bonds. The second kappa shape index (κ2) is 5.09. The first-order valence-corrected chi connectivity index (χ1v) is 6.87. The van der Waals surface area contributed by atoms with E-state index in [1.165, 1.54) is 6.33 Å². The highest BCUT2D eigenvalue weighted by Gasteiger charge is 2.16. The lowest BCUT2D eigenvalue weighted by atomic mass is 10.1. The average molecular weight is 282 g/mol. The van der Waals surface area contributed by atoms with Crippen LogP contribution in [0.25, 0.3) is 22.2 Å². The fourth-order valence-corrected chi connectivity index (χ4v) is 2.49. The first kappa shape index (κ1) is 13.4. The number of benzene rings is 1. The summed E-state index contributed by atoms with van der Waals surface area (Å²) >= 11 is 0. The number of hydrogen-bond donors (Lipinski definition) is 1. The van der Waals surface area contributed by atoms with Crippen LogP contribution >= 0.6 is 0 Å². The lowest BCUT2D eigenvalue weighted by molar-refractivity contribution is 0.415. The number of nitrogen functional groups attached to an aromatic ring is 1.